The Labute approximate surface area is 115 Å². The molecule has 4 N–H and O–H groups in total. The van der Waals surface area contributed by atoms with Gasteiger partial charge in [0.2, 0.25) is 5.91 Å². The molecular formula is C14H13ClN2O2. The van der Waals surface area contributed by atoms with Crippen LogP contribution in [-0.4, -0.2) is 5.91 Å². The molecule has 2 aromatic carbocycles. The number of nitrogen functional groups attached to an aromatic ring is 1. The van der Waals surface area contributed by atoms with Crippen LogP contribution in [0.15, 0.2) is 42.5 Å². The van der Waals surface area contributed by atoms with Gasteiger partial charge in [-0.15, -0.1) is 0 Å². The molecule has 0 aromatic heterocycles. The molecule has 2 rings (SSSR count). The lowest BCUT2D eigenvalue weighted by molar-refractivity contribution is 0.0998. The fourth-order valence-corrected chi connectivity index (χ4v) is 1.84. The first-order chi connectivity index (χ1) is 9.08. The highest BCUT2D eigenvalue weighted by Gasteiger charge is 2.08. The van der Waals surface area contributed by atoms with E-state index in [4.69, 9.17) is 27.8 Å². The largest absolute Gasteiger partial charge is 0.487 e. The third kappa shape index (κ3) is 3.17. The summed E-state index contributed by atoms with van der Waals surface area (Å²) in [6, 6.07) is 12.0. The molecule has 5 heteroatoms. The lowest BCUT2D eigenvalue weighted by Gasteiger charge is -2.11. The molecule has 0 radical (unpaired) electrons. The van der Waals surface area contributed by atoms with Crippen LogP contribution in [0.2, 0.25) is 5.02 Å². The van der Waals surface area contributed by atoms with Crippen molar-refractivity contribution >= 4 is 23.2 Å². The van der Waals surface area contributed by atoms with Gasteiger partial charge in [0.05, 0.1) is 5.69 Å². The number of halogens is 1. The normalized spacial score (nSPS) is 10.2. The van der Waals surface area contributed by atoms with Crippen LogP contribution in [-0.2, 0) is 6.61 Å². The maximum Gasteiger partial charge on any atom is 0.249 e. The average Bonchev–Trinajstić information content (AvgIpc) is 2.40. The number of nitrogens with two attached hydrogens (primary N) is 2. The zero-order valence-corrected chi connectivity index (χ0v) is 10.9. The smallest absolute Gasteiger partial charge is 0.249 e. The van der Waals surface area contributed by atoms with Gasteiger partial charge in [-0.3, -0.25) is 4.79 Å². The Balaban J connectivity index is 2.19. The summed E-state index contributed by atoms with van der Waals surface area (Å²) in [4.78, 5) is 11.3. The van der Waals surface area contributed by atoms with E-state index in [9.17, 15) is 4.79 Å². The highest BCUT2D eigenvalue weighted by Crippen LogP contribution is 2.26. The third-order valence-corrected chi connectivity index (χ3v) is 2.88. The van der Waals surface area contributed by atoms with Crippen molar-refractivity contribution in [3.63, 3.8) is 0 Å². The number of carbonyl (C=O) groups excluding carboxylic acids is 1. The Morgan fingerprint density at radius 2 is 1.95 bits per heavy atom. The Morgan fingerprint density at radius 3 is 2.68 bits per heavy atom. The summed E-state index contributed by atoms with van der Waals surface area (Å²) < 4.78 is 5.58. The molecular weight excluding hydrogens is 264 g/mol. The number of carbonyl (C=O) groups is 1. The van der Waals surface area contributed by atoms with Gasteiger partial charge in [0.1, 0.15) is 12.4 Å². The number of rotatable bonds is 4. The summed E-state index contributed by atoms with van der Waals surface area (Å²) in [5.41, 5.74) is 12.7. The number of amides is 1. The molecule has 0 unspecified atom stereocenters. The Kier molecular flexibility index (Phi) is 3.92. The van der Waals surface area contributed by atoms with E-state index in [1.807, 2.05) is 6.07 Å². The van der Waals surface area contributed by atoms with Gasteiger partial charge in [-0.1, -0.05) is 29.8 Å². The second kappa shape index (κ2) is 5.63. The van der Waals surface area contributed by atoms with E-state index >= 15 is 0 Å². The van der Waals surface area contributed by atoms with Crippen molar-refractivity contribution in [3.8, 4) is 5.75 Å². The summed E-state index contributed by atoms with van der Waals surface area (Å²) in [5, 5.41) is 0.535. The topological polar surface area (TPSA) is 78.3 Å². The van der Waals surface area contributed by atoms with Crippen molar-refractivity contribution in [1.82, 2.24) is 0 Å². The number of benzene rings is 2. The van der Waals surface area contributed by atoms with Gasteiger partial charge in [0.15, 0.2) is 0 Å². The number of primary amides is 1. The lowest BCUT2D eigenvalue weighted by Crippen LogP contribution is -2.14. The number of anilines is 1. The summed E-state index contributed by atoms with van der Waals surface area (Å²) in [7, 11) is 0. The van der Waals surface area contributed by atoms with Crippen LogP contribution >= 0.6 is 11.6 Å². The van der Waals surface area contributed by atoms with E-state index in [1.165, 1.54) is 0 Å². The van der Waals surface area contributed by atoms with E-state index in [-0.39, 0.29) is 6.61 Å². The molecule has 0 saturated carbocycles. The van der Waals surface area contributed by atoms with Crippen molar-refractivity contribution in [2.24, 2.45) is 5.73 Å². The summed E-state index contributed by atoms with van der Waals surface area (Å²) in [6.07, 6.45) is 0. The predicted octanol–water partition coefficient (Wildman–Crippen LogP) is 2.60. The second-order valence-corrected chi connectivity index (χ2v) is 4.43. The van der Waals surface area contributed by atoms with Crippen molar-refractivity contribution in [2.75, 3.05) is 5.73 Å². The molecule has 0 aliphatic carbocycles. The fraction of sp³-hybridized carbons (Fsp3) is 0.0714. The molecule has 0 fully saturated rings. The Bertz CT molecular complexity index is 614. The fourth-order valence-electron chi connectivity index (χ4n) is 1.68. The molecule has 19 heavy (non-hydrogen) atoms. The number of hydrogen-bond acceptors (Lipinski definition) is 3. The molecule has 0 spiro atoms. The van der Waals surface area contributed by atoms with E-state index in [0.717, 1.165) is 0 Å². The Hall–Kier alpha value is -2.20. The molecule has 4 nitrogen and oxygen atoms in total. The minimum Gasteiger partial charge on any atom is -0.487 e. The monoisotopic (exact) mass is 276 g/mol. The van der Waals surface area contributed by atoms with Crippen molar-refractivity contribution in [3.05, 3.63) is 58.6 Å². The predicted molar refractivity (Wildman–Crippen MR) is 75.2 cm³/mol. The maximum atomic E-state index is 11.3. The molecule has 1 amide bonds. The van der Waals surface area contributed by atoms with Crippen molar-refractivity contribution < 1.29 is 9.53 Å². The van der Waals surface area contributed by atoms with E-state index in [0.29, 0.717) is 27.6 Å². The second-order valence-electron chi connectivity index (χ2n) is 3.99. The number of hydrogen-bond donors (Lipinski definition) is 2. The first-order valence-electron chi connectivity index (χ1n) is 5.63. The van der Waals surface area contributed by atoms with Crippen LogP contribution < -0.4 is 16.2 Å². The first kappa shape index (κ1) is 13.2. The molecule has 0 aliphatic rings. The quantitative estimate of drug-likeness (QED) is 0.843. The summed E-state index contributed by atoms with van der Waals surface area (Å²) in [5.74, 6) is -0.00922. The molecule has 0 heterocycles. The van der Waals surface area contributed by atoms with Crippen LogP contribution in [0, 0.1) is 0 Å². The van der Waals surface area contributed by atoms with Gasteiger partial charge < -0.3 is 16.2 Å². The molecule has 0 bridgehead atoms. The molecule has 2 aromatic rings. The standard InChI is InChI=1S/C14H13ClN2O2/c15-10-5-6-12(16)13(7-10)19-8-9-3-1-2-4-11(9)14(17)18/h1-7H,8,16H2,(H2,17,18). The van der Waals surface area contributed by atoms with Gasteiger partial charge in [-0.2, -0.15) is 0 Å². The molecule has 0 atom stereocenters. The van der Waals surface area contributed by atoms with Crippen molar-refractivity contribution in [2.45, 2.75) is 6.61 Å². The lowest BCUT2D eigenvalue weighted by atomic mass is 10.1. The van der Waals surface area contributed by atoms with Gasteiger partial charge in [0.25, 0.3) is 0 Å². The molecule has 0 aliphatic heterocycles. The molecule has 98 valence electrons. The minimum atomic E-state index is -0.488. The first-order valence-corrected chi connectivity index (χ1v) is 6.01. The van der Waals surface area contributed by atoms with E-state index < -0.39 is 5.91 Å². The van der Waals surface area contributed by atoms with Gasteiger partial charge in [-0.05, 0) is 18.2 Å². The van der Waals surface area contributed by atoms with Crippen LogP contribution in [0.1, 0.15) is 15.9 Å². The average molecular weight is 277 g/mol. The SMILES string of the molecule is NC(=O)c1ccccc1COc1cc(Cl)ccc1N. The van der Waals surface area contributed by atoms with Crippen molar-refractivity contribution in [1.29, 1.82) is 0 Å². The van der Waals surface area contributed by atoms with E-state index in [1.54, 1.807) is 36.4 Å². The molecule has 0 saturated heterocycles. The van der Waals surface area contributed by atoms with Crippen LogP contribution in [0.5, 0.6) is 5.75 Å². The van der Waals surface area contributed by atoms with Crippen LogP contribution in [0.25, 0.3) is 0 Å². The summed E-state index contributed by atoms with van der Waals surface area (Å²) in [6.45, 7) is 0.198. The van der Waals surface area contributed by atoms with Crippen LogP contribution in [0.4, 0.5) is 5.69 Å². The van der Waals surface area contributed by atoms with Gasteiger partial charge in [-0.25, -0.2) is 0 Å². The third-order valence-electron chi connectivity index (χ3n) is 2.64. The highest BCUT2D eigenvalue weighted by molar-refractivity contribution is 6.30. The van der Waals surface area contributed by atoms with Gasteiger partial charge in [0, 0.05) is 22.2 Å². The Morgan fingerprint density at radius 1 is 1.21 bits per heavy atom. The minimum absolute atomic E-state index is 0.198. The highest BCUT2D eigenvalue weighted by atomic mass is 35.5. The number of ether oxygens (including phenoxy) is 1. The van der Waals surface area contributed by atoms with E-state index in [2.05, 4.69) is 0 Å². The maximum absolute atomic E-state index is 11.3. The van der Waals surface area contributed by atoms with Crippen LogP contribution in [0.3, 0.4) is 0 Å². The summed E-state index contributed by atoms with van der Waals surface area (Å²) >= 11 is 5.87. The van der Waals surface area contributed by atoms with Gasteiger partial charge >= 0.3 is 0 Å². The zero-order valence-electron chi connectivity index (χ0n) is 10.1. The zero-order chi connectivity index (χ0) is 13.8.